The van der Waals surface area contributed by atoms with Gasteiger partial charge < -0.3 is 46.3 Å². The molecule has 2 aliphatic rings. The van der Waals surface area contributed by atoms with Crippen LogP contribution in [0.3, 0.4) is 0 Å². The zero-order valence-electron chi connectivity index (χ0n) is 20.9. The number of benzene rings is 1. The number of fused-ring (bicyclic) bond motifs is 1. The first-order chi connectivity index (χ1) is 18.4. The number of nitrogens with one attached hydrogen (secondary N) is 2. The topological polar surface area (TPSA) is 195 Å². The van der Waals surface area contributed by atoms with Crippen LogP contribution in [0.15, 0.2) is 36.7 Å². The first-order valence-electron chi connectivity index (χ1n) is 12.8. The van der Waals surface area contributed by atoms with E-state index in [0.29, 0.717) is 42.4 Å². The number of imidazole rings is 1. The van der Waals surface area contributed by atoms with Crippen molar-refractivity contribution in [2.75, 3.05) is 36.5 Å². The Morgan fingerprint density at radius 2 is 1.95 bits per heavy atom. The molecule has 1 saturated heterocycles. The number of rotatable bonds is 9. The number of hydrogen-bond acceptors (Lipinski definition) is 11. The molecule has 13 nitrogen and oxygen atoms in total. The zero-order chi connectivity index (χ0) is 26.8. The van der Waals surface area contributed by atoms with Gasteiger partial charge in [0.05, 0.1) is 31.1 Å². The predicted octanol–water partition coefficient (Wildman–Crippen LogP) is -1.48. The molecule has 1 aromatic carbocycles. The predicted molar refractivity (Wildman–Crippen MR) is 139 cm³/mol. The van der Waals surface area contributed by atoms with Crippen LogP contribution in [0.5, 0.6) is 0 Å². The lowest BCUT2D eigenvalue weighted by molar-refractivity contribution is -0.125. The number of carbonyl (C=O) groups is 1. The van der Waals surface area contributed by atoms with Crippen molar-refractivity contribution in [1.29, 1.82) is 0 Å². The van der Waals surface area contributed by atoms with Crippen LogP contribution in [-0.4, -0.2) is 102 Å². The fourth-order valence-electron chi connectivity index (χ4n) is 5.29. The summed E-state index contributed by atoms with van der Waals surface area (Å²) in [5.41, 5.74) is 8.09. The van der Waals surface area contributed by atoms with Crippen LogP contribution < -0.4 is 21.3 Å². The summed E-state index contributed by atoms with van der Waals surface area (Å²) in [6, 6.07) is 8.09. The van der Waals surface area contributed by atoms with E-state index < -0.39 is 36.8 Å². The lowest BCUT2D eigenvalue weighted by Crippen LogP contribution is -2.44. The monoisotopic (exact) mass is 526 g/mol. The minimum atomic E-state index is -1.23. The summed E-state index contributed by atoms with van der Waals surface area (Å²) in [5.74, 6) is 0.258. The Morgan fingerprint density at radius 1 is 1.16 bits per heavy atom. The van der Waals surface area contributed by atoms with E-state index >= 15 is 0 Å². The molecule has 1 aliphatic heterocycles. The van der Waals surface area contributed by atoms with Gasteiger partial charge in [0.25, 0.3) is 0 Å². The largest absolute Gasteiger partial charge is 0.394 e. The van der Waals surface area contributed by atoms with Crippen molar-refractivity contribution in [3.63, 3.8) is 0 Å². The van der Waals surface area contributed by atoms with Crippen LogP contribution in [0.1, 0.15) is 24.4 Å². The van der Waals surface area contributed by atoms with E-state index in [1.807, 2.05) is 35.2 Å². The van der Waals surface area contributed by atoms with Crippen molar-refractivity contribution in [3.05, 3.63) is 42.2 Å². The molecule has 0 bridgehead atoms. The summed E-state index contributed by atoms with van der Waals surface area (Å²) < 4.78 is 1.69. The number of anilines is 2. The lowest BCUT2D eigenvalue weighted by Gasteiger charge is -2.22. The molecular weight excluding hydrogens is 492 g/mol. The Kier molecular flexibility index (Phi) is 7.72. The van der Waals surface area contributed by atoms with Crippen molar-refractivity contribution in [2.45, 2.75) is 55.6 Å². The van der Waals surface area contributed by atoms with Crippen LogP contribution in [0.4, 0.5) is 11.8 Å². The molecule has 38 heavy (non-hydrogen) atoms. The molecule has 0 unspecified atom stereocenters. The Labute approximate surface area is 219 Å². The summed E-state index contributed by atoms with van der Waals surface area (Å²) in [6.45, 7) is 0.432. The van der Waals surface area contributed by atoms with E-state index in [-0.39, 0.29) is 25.1 Å². The molecule has 1 saturated carbocycles. The Morgan fingerprint density at radius 3 is 2.63 bits per heavy atom. The molecule has 0 spiro atoms. The zero-order valence-corrected chi connectivity index (χ0v) is 20.9. The van der Waals surface area contributed by atoms with Crippen molar-refractivity contribution < 1.29 is 25.2 Å². The molecular formula is C25H34N8O5. The second kappa shape index (κ2) is 11.2. The fourth-order valence-corrected chi connectivity index (χ4v) is 5.29. The first-order valence-corrected chi connectivity index (χ1v) is 12.8. The second-order valence-electron chi connectivity index (χ2n) is 10.0. The molecule has 13 heteroatoms. The maximum absolute atomic E-state index is 11.7. The number of hydrogen-bond donors (Lipinski definition) is 7. The highest BCUT2D eigenvalue weighted by Gasteiger charge is 2.44. The average Bonchev–Trinajstić information content (AvgIpc) is 3.62. The van der Waals surface area contributed by atoms with Gasteiger partial charge in [0.1, 0.15) is 18.8 Å². The van der Waals surface area contributed by atoms with Crippen LogP contribution >= 0.6 is 0 Å². The molecule has 3 aromatic rings. The first kappa shape index (κ1) is 26.3. The fraction of sp³-hybridized carbons (Fsp3) is 0.520. The van der Waals surface area contributed by atoms with Crippen molar-refractivity contribution in [3.8, 4) is 0 Å². The highest BCUT2D eigenvalue weighted by Crippen LogP contribution is 2.35. The second-order valence-corrected chi connectivity index (χ2v) is 10.0. The number of aliphatic hydroxyl groups excluding tert-OH is 4. The molecule has 8 N–H and O–H groups in total. The summed E-state index contributed by atoms with van der Waals surface area (Å²) in [7, 11) is 0. The Balaban J connectivity index is 1.50. The van der Waals surface area contributed by atoms with Gasteiger partial charge in [-0.2, -0.15) is 9.97 Å². The normalized spacial score (nSPS) is 26.1. The summed E-state index contributed by atoms with van der Waals surface area (Å²) in [6.07, 6.45) is 0.682. The van der Waals surface area contributed by atoms with E-state index in [9.17, 15) is 20.1 Å². The van der Waals surface area contributed by atoms with Crippen molar-refractivity contribution in [2.24, 2.45) is 5.73 Å². The molecule has 204 valence electrons. The van der Waals surface area contributed by atoms with Gasteiger partial charge in [-0.1, -0.05) is 30.3 Å². The molecule has 6 atom stereocenters. The third kappa shape index (κ3) is 5.28. The number of aromatic nitrogens is 4. The summed E-state index contributed by atoms with van der Waals surface area (Å²) in [4.78, 5) is 27.8. The van der Waals surface area contributed by atoms with Crippen LogP contribution in [0.2, 0.25) is 0 Å². The lowest BCUT2D eigenvalue weighted by atomic mass is 10.1. The molecule has 1 aliphatic carbocycles. The number of aliphatic hydroxyl groups is 4. The van der Waals surface area contributed by atoms with Gasteiger partial charge in [0, 0.05) is 19.1 Å². The Bertz CT molecular complexity index is 1260. The van der Waals surface area contributed by atoms with Crippen molar-refractivity contribution >= 4 is 28.8 Å². The van der Waals surface area contributed by atoms with Gasteiger partial charge in [0.2, 0.25) is 11.9 Å². The van der Waals surface area contributed by atoms with Gasteiger partial charge in [-0.25, -0.2) is 4.98 Å². The van der Waals surface area contributed by atoms with Crippen molar-refractivity contribution in [1.82, 2.24) is 24.8 Å². The third-order valence-corrected chi connectivity index (χ3v) is 7.30. The highest BCUT2D eigenvalue weighted by atomic mass is 16.3. The number of nitrogens with zero attached hydrogens (tertiary/aromatic N) is 5. The number of amides is 1. The average molecular weight is 527 g/mol. The quantitative estimate of drug-likeness (QED) is 0.172. The minimum absolute atomic E-state index is 0.00147. The Hall–Kier alpha value is -3.36. The van der Waals surface area contributed by atoms with Gasteiger partial charge >= 0.3 is 0 Å². The minimum Gasteiger partial charge on any atom is -0.394 e. The summed E-state index contributed by atoms with van der Waals surface area (Å²) >= 11 is 0. The van der Waals surface area contributed by atoms with Gasteiger partial charge in [-0.15, -0.1) is 0 Å². The van der Waals surface area contributed by atoms with Crippen LogP contribution in [0.25, 0.3) is 11.2 Å². The smallest absolute Gasteiger partial charge is 0.246 e. The van der Waals surface area contributed by atoms with E-state index in [1.54, 1.807) is 4.57 Å². The van der Waals surface area contributed by atoms with E-state index in [0.717, 1.165) is 12.0 Å². The third-order valence-electron chi connectivity index (χ3n) is 7.30. The standard InChI is InChI=1S/C25H34N8O5/c26-15-6-7-32(10-15)25-30-23(28-16(11-34)8-14-4-2-1-3-5-14)20-24(31-25)33(13-27-20)18-9-17(21(37)22(18)38)29-19(36)12-35/h1-5,13,15-18,21-22,34-35,37-38H,6-12,26H2,(H,29,36)(H,28,30,31)/t15-,16+,17+,18-,21-,22+/m1/s1. The summed E-state index contributed by atoms with van der Waals surface area (Å²) in [5, 5.41) is 46.5. The molecule has 2 fully saturated rings. The van der Waals surface area contributed by atoms with Crippen LogP contribution in [0, 0.1) is 0 Å². The van der Waals surface area contributed by atoms with Crippen LogP contribution in [-0.2, 0) is 11.2 Å². The molecule has 5 rings (SSSR count). The van der Waals surface area contributed by atoms with Gasteiger partial charge in [-0.3, -0.25) is 4.79 Å². The van der Waals surface area contributed by atoms with Gasteiger partial charge in [0.15, 0.2) is 17.0 Å². The maximum Gasteiger partial charge on any atom is 0.246 e. The molecule has 1 amide bonds. The SMILES string of the molecule is N[C@@H]1CCN(c2nc(N[C@H](CO)Cc3ccccc3)c3ncn([C@@H]4C[C@H](NC(=O)CO)[C@@H](O)[C@H]4O)c3n2)C1. The highest BCUT2D eigenvalue weighted by molar-refractivity contribution is 5.85. The van der Waals surface area contributed by atoms with E-state index in [4.69, 9.17) is 20.8 Å². The number of carbonyl (C=O) groups excluding carboxylic acids is 1. The maximum atomic E-state index is 11.7. The van der Waals surface area contributed by atoms with Gasteiger partial charge in [-0.05, 0) is 24.8 Å². The molecule has 0 radical (unpaired) electrons. The molecule has 2 aromatic heterocycles. The molecule has 3 heterocycles. The van der Waals surface area contributed by atoms with E-state index in [1.165, 1.54) is 6.33 Å². The van der Waals surface area contributed by atoms with E-state index in [2.05, 4.69) is 15.6 Å². The number of nitrogens with two attached hydrogens (primary N) is 1.